The highest BCUT2D eigenvalue weighted by Crippen LogP contribution is 2.19. The molecule has 0 saturated carbocycles. The average molecular weight is 390 g/mol. The van der Waals surface area contributed by atoms with Crippen LogP contribution < -0.4 is 5.32 Å². The molecule has 0 fully saturated rings. The van der Waals surface area contributed by atoms with Gasteiger partial charge in [-0.25, -0.2) is 0 Å². The molecule has 0 spiro atoms. The van der Waals surface area contributed by atoms with Crippen LogP contribution in [0.25, 0.3) is 16.8 Å². The van der Waals surface area contributed by atoms with Crippen molar-refractivity contribution in [3.05, 3.63) is 66.0 Å². The Balaban J connectivity index is 1.48. The third-order valence-electron chi connectivity index (χ3n) is 4.64. The zero-order valence-electron chi connectivity index (χ0n) is 16.4. The first-order valence-corrected chi connectivity index (χ1v) is 9.52. The molecule has 2 aromatic carbocycles. The van der Waals surface area contributed by atoms with E-state index in [-0.39, 0.29) is 5.91 Å². The van der Waals surface area contributed by atoms with E-state index in [2.05, 4.69) is 20.5 Å². The second kappa shape index (κ2) is 8.14. The van der Waals surface area contributed by atoms with Gasteiger partial charge in [0.2, 0.25) is 0 Å². The number of para-hydroxylation sites is 2. The van der Waals surface area contributed by atoms with Gasteiger partial charge in [0.1, 0.15) is 5.52 Å². The molecule has 4 rings (SSSR count). The average Bonchev–Trinajstić information content (AvgIpc) is 3.40. The summed E-state index contributed by atoms with van der Waals surface area (Å²) in [7, 11) is 0. The van der Waals surface area contributed by atoms with Crippen molar-refractivity contribution in [2.45, 2.75) is 13.8 Å². The lowest BCUT2D eigenvalue weighted by atomic mass is 10.1. The SMILES string of the molecule is CCN(CCNc1nc2ccccc2o1)C(=O)c1cc(C)ccc1-n1nccn1. The molecule has 0 radical (unpaired) electrons. The van der Waals surface area contributed by atoms with Gasteiger partial charge >= 0.3 is 0 Å². The predicted molar refractivity (Wildman–Crippen MR) is 110 cm³/mol. The van der Waals surface area contributed by atoms with Crippen molar-refractivity contribution in [3.8, 4) is 5.69 Å². The van der Waals surface area contributed by atoms with E-state index in [9.17, 15) is 4.79 Å². The van der Waals surface area contributed by atoms with Gasteiger partial charge in [0.15, 0.2) is 5.58 Å². The molecule has 8 nitrogen and oxygen atoms in total. The van der Waals surface area contributed by atoms with Crippen molar-refractivity contribution in [1.29, 1.82) is 0 Å². The van der Waals surface area contributed by atoms with Crippen LogP contribution in [0.5, 0.6) is 0 Å². The number of anilines is 1. The molecule has 0 aliphatic carbocycles. The van der Waals surface area contributed by atoms with Gasteiger partial charge in [-0.2, -0.15) is 20.0 Å². The quantitative estimate of drug-likeness (QED) is 0.521. The second-order valence-corrected chi connectivity index (χ2v) is 6.64. The van der Waals surface area contributed by atoms with Crippen LogP contribution in [-0.2, 0) is 0 Å². The van der Waals surface area contributed by atoms with E-state index in [4.69, 9.17) is 4.42 Å². The van der Waals surface area contributed by atoms with Gasteiger partial charge in [-0.15, -0.1) is 0 Å². The van der Waals surface area contributed by atoms with Crippen molar-refractivity contribution in [1.82, 2.24) is 24.9 Å². The number of aromatic nitrogens is 4. The monoisotopic (exact) mass is 390 g/mol. The Labute approximate surface area is 168 Å². The molecule has 0 aliphatic rings. The summed E-state index contributed by atoms with van der Waals surface area (Å²) in [4.78, 5) is 20.9. The molecule has 1 amide bonds. The van der Waals surface area contributed by atoms with Crippen molar-refractivity contribution in [2.75, 3.05) is 25.0 Å². The highest BCUT2D eigenvalue weighted by Gasteiger charge is 2.20. The highest BCUT2D eigenvalue weighted by molar-refractivity contribution is 5.98. The number of amides is 1. The summed E-state index contributed by atoms with van der Waals surface area (Å²) in [5, 5.41) is 11.5. The van der Waals surface area contributed by atoms with E-state index in [1.54, 1.807) is 17.3 Å². The molecule has 0 saturated heterocycles. The fourth-order valence-corrected chi connectivity index (χ4v) is 3.15. The zero-order valence-corrected chi connectivity index (χ0v) is 16.4. The topological polar surface area (TPSA) is 89.1 Å². The number of carbonyl (C=O) groups is 1. The molecular formula is C21H22N6O2. The summed E-state index contributed by atoms with van der Waals surface area (Å²) in [6, 6.07) is 13.7. The highest BCUT2D eigenvalue weighted by atomic mass is 16.4. The van der Waals surface area contributed by atoms with Crippen LogP contribution in [-0.4, -0.2) is 50.4 Å². The van der Waals surface area contributed by atoms with E-state index >= 15 is 0 Å². The van der Waals surface area contributed by atoms with Crippen molar-refractivity contribution < 1.29 is 9.21 Å². The molecule has 148 valence electrons. The number of aryl methyl sites for hydroxylation is 1. The van der Waals surface area contributed by atoms with Gasteiger partial charge < -0.3 is 14.6 Å². The van der Waals surface area contributed by atoms with Crippen LogP contribution in [0.15, 0.2) is 59.3 Å². The first-order chi connectivity index (χ1) is 14.2. The summed E-state index contributed by atoms with van der Waals surface area (Å²) < 4.78 is 5.67. The molecule has 1 N–H and O–H groups in total. The van der Waals surface area contributed by atoms with Crippen LogP contribution >= 0.6 is 0 Å². The van der Waals surface area contributed by atoms with Crippen molar-refractivity contribution >= 4 is 23.0 Å². The number of benzene rings is 2. The number of hydrogen-bond acceptors (Lipinski definition) is 6. The van der Waals surface area contributed by atoms with Crippen LogP contribution in [0.4, 0.5) is 6.01 Å². The predicted octanol–water partition coefficient (Wildman–Crippen LogP) is 3.29. The number of nitrogens with one attached hydrogen (secondary N) is 1. The van der Waals surface area contributed by atoms with Crippen molar-refractivity contribution in [2.24, 2.45) is 0 Å². The van der Waals surface area contributed by atoms with Gasteiger partial charge in [-0.05, 0) is 38.1 Å². The molecule has 4 aromatic rings. The molecular weight excluding hydrogens is 368 g/mol. The van der Waals surface area contributed by atoms with Crippen LogP contribution in [0.3, 0.4) is 0 Å². The Bertz CT molecular complexity index is 1090. The number of hydrogen-bond donors (Lipinski definition) is 1. The van der Waals surface area contributed by atoms with E-state index < -0.39 is 0 Å². The Hall–Kier alpha value is -3.68. The summed E-state index contributed by atoms with van der Waals surface area (Å²) in [6.07, 6.45) is 3.19. The minimum absolute atomic E-state index is 0.0668. The number of rotatable bonds is 7. The summed E-state index contributed by atoms with van der Waals surface area (Å²) in [5.74, 6) is -0.0668. The first kappa shape index (κ1) is 18.7. The molecule has 2 heterocycles. The van der Waals surface area contributed by atoms with Gasteiger partial charge in [-0.1, -0.05) is 23.8 Å². The molecule has 0 atom stereocenters. The number of fused-ring (bicyclic) bond motifs is 1. The lowest BCUT2D eigenvalue weighted by Crippen LogP contribution is -2.35. The fourth-order valence-electron chi connectivity index (χ4n) is 3.15. The Kier molecular flexibility index (Phi) is 5.24. The third-order valence-corrected chi connectivity index (χ3v) is 4.64. The summed E-state index contributed by atoms with van der Waals surface area (Å²) in [5.41, 5.74) is 3.77. The summed E-state index contributed by atoms with van der Waals surface area (Å²) >= 11 is 0. The maximum atomic E-state index is 13.2. The Morgan fingerprint density at radius 2 is 1.97 bits per heavy atom. The molecule has 29 heavy (non-hydrogen) atoms. The fraction of sp³-hybridized carbons (Fsp3) is 0.238. The maximum Gasteiger partial charge on any atom is 0.295 e. The lowest BCUT2D eigenvalue weighted by Gasteiger charge is -2.22. The van der Waals surface area contributed by atoms with Crippen LogP contribution in [0.1, 0.15) is 22.8 Å². The van der Waals surface area contributed by atoms with E-state index in [0.29, 0.717) is 36.9 Å². The summed E-state index contributed by atoms with van der Waals surface area (Å²) in [6.45, 7) is 5.52. The minimum Gasteiger partial charge on any atom is -0.424 e. The van der Waals surface area contributed by atoms with Gasteiger partial charge in [0.05, 0.1) is 23.6 Å². The standard InChI is InChI=1S/C21H22N6O2/c1-3-26(13-12-22-21-25-17-6-4-5-7-19(17)29-21)20(28)16-14-15(2)8-9-18(16)27-23-10-11-24-27/h4-11,14H,3,12-13H2,1-2H3,(H,22,25). The number of nitrogens with zero attached hydrogens (tertiary/aromatic N) is 5. The van der Waals surface area contributed by atoms with Gasteiger partial charge in [0.25, 0.3) is 11.9 Å². The van der Waals surface area contributed by atoms with E-state index in [1.165, 1.54) is 4.80 Å². The van der Waals surface area contributed by atoms with Gasteiger partial charge in [0, 0.05) is 19.6 Å². The van der Waals surface area contributed by atoms with Gasteiger partial charge in [-0.3, -0.25) is 4.79 Å². The largest absolute Gasteiger partial charge is 0.424 e. The van der Waals surface area contributed by atoms with Crippen LogP contribution in [0.2, 0.25) is 0 Å². The second-order valence-electron chi connectivity index (χ2n) is 6.64. The normalized spacial score (nSPS) is 11.0. The molecule has 0 aliphatic heterocycles. The van der Waals surface area contributed by atoms with E-state index in [0.717, 1.165) is 16.7 Å². The third kappa shape index (κ3) is 3.96. The molecule has 2 aromatic heterocycles. The van der Waals surface area contributed by atoms with Crippen molar-refractivity contribution in [3.63, 3.8) is 0 Å². The lowest BCUT2D eigenvalue weighted by molar-refractivity contribution is 0.0770. The number of carbonyl (C=O) groups excluding carboxylic acids is 1. The Morgan fingerprint density at radius 1 is 1.17 bits per heavy atom. The minimum atomic E-state index is -0.0668. The molecule has 0 bridgehead atoms. The number of oxazole rings is 1. The smallest absolute Gasteiger partial charge is 0.295 e. The maximum absolute atomic E-state index is 13.2. The number of likely N-dealkylation sites (N-methyl/N-ethyl adjacent to an activating group) is 1. The molecule has 0 unspecified atom stereocenters. The molecule has 8 heteroatoms. The Morgan fingerprint density at radius 3 is 2.72 bits per heavy atom. The first-order valence-electron chi connectivity index (χ1n) is 9.52. The van der Waals surface area contributed by atoms with E-state index in [1.807, 2.05) is 56.3 Å². The van der Waals surface area contributed by atoms with Crippen LogP contribution in [0, 0.1) is 6.92 Å². The zero-order chi connectivity index (χ0) is 20.2.